The third kappa shape index (κ3) is 4.97. The molecule has 1 heterocycles. The number of nitrogens with one attached hydrogen (secondary N) is 1. The Morgan fingerprint density at radius 1 is 1.04 bits per heavy atom. The van der Waals surface area contributed by atoms with Crippen molar-refractivity contribution in [2.75, 3.05) is 25.1 Å². The van der Waals surface area contributed by atoms with Crippen molar-refractivity contribution in [3.8, 4) is 0 Å². The van der Waals surface area contributed by atoms with Crippen molar-refractivity contribution in [1.82, 2.24) is 5.32 Å². The predicted molar refractivity (Wildman–Crippen MR) is 106 cm³/mol. The van der Waals surface area contributed by atoms with Crippen molar-refractivity contribution in [1.29, 1.82) is 0 Å². The number of nitrogens with zero attached hydrogens (tertiary/aromatic N) is 1. The summed E-state index contributed by atoms with van der Waals surface area (Å²) >= 11 is 0. The number of benzene rings is 2. The van der Waals surface area contributed by atoms with Crippen LogP contribution in [0.15, 0.2) is 54.6 Å². The fraction of sp³-hybridized carbons (Fsp3) is 0.318. The molecule has 2 aromatic carbocycles. The van der Waals surface area contributed by atoms with Crippen LogP contribution < -0.4 is 10.2 Å². The van der Waals surface area contributed by atoms with Gasteiger partial charge in [-0.1, -0.05) is 30.3 Å². The fourth-order valence-corrected chi connectivity index (χ4v) is 3.26. The zero-order valence-corrected chi connectivity index (χ0v) is 15.9. The zero-order chi connectivity index (χ0) is 19.9. The molecule has 3 rings (SSSR count). The van der Waals surface area contributed by atoms with Crippen LogP contribution in [0.3, 0.4) is 0 Å². The second-order valence-corrected chi connectivity index (χ2v) is 6.81. The molecule has 2 aromatic rings. The molecular formula is C22H24N2O4. The molecule has 0 bridgehead atoms. The number of ketones is 1. The van der Waals surface area contributed by atoms with Crippen molar-refractivity contribution in [2.24, 2.45) is 0 Å². The summed E-state index contributed by atoms with van der Waals surface area (Å²) in [7, 11) is 1.31. The molecule has 146 valence electrons. The van der Waals surface area contributed by atoms with E-state index in [2.05, 4.69) is 10.2 Å². The highest BCUT2D eigenvalue weighted by Crippen LogP contribution is 2.19. The lowest BCUT2D eigenvalue weighted by Crippen LogP contribution is -2.43. The van der Waals surface area contributed by atoms with Gasteiger partial charge >= 0.3 is 5.97 Å². The van der Waals surface area contributed by atoms with E-state index in [1.54, 1.807) is 12.1 Å². The van der Waals surface area contributed by atoms with Crippen LogP contribution in [-0.2, 0) is 20.7 Å². The van der Waals surface area contributed by atoms with E-state index in [0.29, 0.717) is 43.7 Å². The molecule has 1 aliphatic heterocycles. The first-order chi connectivity index (χ1) is 13.6. The highest BCUT2D eigenvalue weighted by Gasteiger charge is 2.23. The van der Waals surface area contributed by atoms with E-state index in [-0.39, 0.29) is 5.91 Å². The SMILES string of the molecule is COC(=O)[C@H](Cc1ccccc1)NC(=O)c1ccc(N2CCC(=O)CC2)cc1. The summed E-state index contributed by atoms with van der Waals surface area (Å²) in [5.41, 5.74) is 2.39. The summed E-state index contributed by atoms with van der Waals surface area (Å²) in [6.07, 6.45) is 1.48. The van der Waals surface area contributed by atoms with Crippen LogP contribution in [0.1, 0.15) is 28.8 Å². The summed E-state index contributed by atoms with van der Waals surface area (Å²) in [5.74, 6) is -0.516. The summed E-state index contributed by atoms with van der Waals surface area (Å²) in [5, 5.41) is 2.77. The average Bonchev–Trinajstić information content (AvgIpc) is 2.74. The normalized spacial score (nSPS) is 15.0. The number of ether oxygens (including phenoxy) is 1. The molecule has 1 atom stereocenters. The standard InChI is InChI=1S/C22H24N2O4/c1-28-22(27)20(15-16-5-3-2-4-6-16)23-21(26)17-7-9-18(10-8-17)24-13-11-19(25)12-14-24/h2-10,20H,11-15H2,1H3,(H,23,26)/t20-/m0/s1. The fourth-order valence-electron chi connectivity index (χ4n) is 3.26. The molecule has 0 aromatic heterocycles. The third-order valence-corrected chi connectivity index (χ3v) is 4.89. The number of methoxy groups -OCH3 is 1. The Morgan fingerprint density at radius 2 is 1.68 bits per heavy atom. The second kappa shape index (κ2) is 9.17. The van der Waals surface area contributed by atoms with Gasteiger partial charge in [-0.3, -0.25) is 9.59 Å². The lowest BCUT2D eigenvalue weighted by atomic mass is 10.0. The Hall–Kier alpha value is -3.15. The van der Waals surface area contributed by atoms with Crippen molar-refractivity contribution in [3.05, 3.63) is 65.7 Å². The summed E-state index contributed by atoms with van der Waals surface area (Å²) in [4.78, 5) is 38.2. The van der Waals surface area contributed by atoms with Gasteiger partial charge < -0.3 is 15.0 Å². The highest BCUT2D eigenvalue weighted by molar-refractivity contribution is 5.97. The van der Waals surface area contributed by atoms with Crippen LogP contribution in [0, 0.1) is 0 Å². The number of rotatable bonds is 6. The van der Waals surface area contributed by atoms with Crippen molar-refractivity contribution in [3.63, 3.8) is 0 Å². The molecular weight excluding hydrogens is 356 g/mol. The van der Waals surface area contributed by atoms with Crippen LogP contribution in [0.25, 0.3) is 0 Å². The van der Waals surface area contributed by atoms with Gasteiger partial charge in [0, 0.05) is 43.6 Å². The van der Waals surface area contributed by atoms with Gasteiger partial charge in [-0.25, -0.2) is 4.79 Å². The molecule has 0 aliphatic carbocycles. The van der Waals surface area contributed by atoms with Crippen molar-refractivity contribution >= 4 is 23.3 Å². The highest BCUT2D eigenvalue weighted by atomic mass is 16.5. The van der Waals surface area contributed by atoms with E-state index in [1.807, 2.05) is 42.5 Å². The second-order valence-electron chi connectivity index (χ2n) is 6.81. The number of carbonyl (C=O) groups excluding carboxylic acids is 3. The Bertz CT molecular complexity index is 823. The average molecular weight is 380 g/mol. The van der Waals surface area contributed by atoms with Gasteiger partial charge in [0.2, 0.25) is 0 Å². The molecule has 0 unspecified atom stereocenters. The molecule has 28 heavy (non-hydrogen) atoms. The summed E-state index contributed by atoms with van der Waals surface area (Å²) < 4.78 is 4.84. The van der Waals surface area contributed by atoms with E-state index in [4.69, 9.17) is 4.74 Å². The maximum absolute atomic E-state index is 12.6. The van der Waals surface area contributed by atoms with Crippen molar-refractivity contribution in [2.45, 2.75) is 25.3 Å². The Kier molecular flexibility index (Phi) is 6.42. The maximum Gasteiger partial charge on any atom is 0.328 e. The van der Waals surface area contributed by atoms with E-state index < -0.39 is 12.0 Å². The smallest absolute Gasteiger partial charge is 0.328 e. The topological polar surface area (TPSA) is 75.7 Å². The van der Waals surface area contributed by atoms with E-state index in [1.165, 1.54) is 7.11 Å². The molecule has 1 fully saturated rings. The molecule has 0 saturated carbocycles. The number of hydrogen-bond acceptors (Lipinski definition) is 5. The lowest BCUT2D eigenvalue weighted by molar-refractivity contribution is -0.142. The molecule has 6 nitrogen and oxygen atoms in total. The van der Waals surface area contributed by atoms with Crippen LogP contribution in [0.2, 0.25) is 0 Å². The van der Waals surface area contributed by atoms with Gasteiger partial charge in [-0.05, 0) is 29.8 Å². The van der Waals surface area contributed by atoms with Gasteiger partial charge in [0.05, 0.1) is 7.11 Å². The third-order valence-electron chi connectivity index (χ3n) is 4.89. The lowest BCUT2D eigenvalue weighted by Gasteiger charge is -2.28. The summed E-state index contributed by atoms with van der Waals surface area (Å²) in [6, 6.07) is 15.9. The minimum atomic E-state index is -0.757. The van der Waals surface area contributed by atoms with E-state index in [0.717, 1.165) is 11.3 Å². The van der Waals surface area contributed by atoms with Crippen LogP contribution in [-0.4, -0.2) is 43.9 Å². The monoisotopic (exact) mass is 380 g/mol. The van der Waals surface area contributed by atoms with Crippen LogP contribution in [0.5, 0.6) is 0 Å². The van der Waals surface area contributed by atoms with Gasteiger partial charge in [-0.2, -0.15) is 0 Å². The number of Topliss-reactive ketones (excluding diaryl/α,β-unsaturated/α-hetero) is 1. The number of anilines is 1. The van der Waals surface area contributed by atoms with Crippen LogP contribution >= 0.6 is 0 Å². The number of amides is 1. The first-order valence-electron chi connectivity index (χ1n) is 9.36. The number of esters is 1. The molecule has 6 heteroatoms. The van der Waals surface area contributed by atoms with Crippen LogP contribution in [0.4, 0.5) is 5.69 Å². The zero-order valence-electron chi connectivity index (χ0n) is 15.9. The largest absolute Gasteiger partial charge is 0.467 e. The molecule has 0 spiro atoms. The number of piperidine rings is 1. The molecule has 1 saturated heterocycles. The molecule has 1 aliphatic rings. The number of carbonyl (C=O) groups is 3. The minimum Gasteiger partial charge on any atom is -0.467 e. The Morgan fingerprint density at radius 3 is 2.29 bits per heavy atom. The minimum absolute atomic E-state index is 0.291. The Labute approximate surface area is 164 Å². The van der Waals surface area contributed by atoms with E-state index in [9.17, 15) is 14.4 Å². The van der Waals surface area contributed by atoms with Gasteiger partial charge in [-0.15, -0.1) is 0 Å². The first kappa shape index (κ1) is 19.6. The maximum atomic E-state index is 12.6. The Balaban J connectivity index is 1.66. The van der Waals surface area contributed by atoms with Gasteiger partial charge in [0.15, 0.2) is 0 Å². The quantitative estimate of drug-likeness (QED) is 0.779. The number of hydrogen-bond donors (Lipinski definition) is 1. The summed E-state index contributed by atoms with van der Waals surface area (Å²) in [6.45, 7) is 1.40. The van der Waals surface area contributed by atoms with Crippen molar-refractivity contribution < 1.29 is 19.1 Å². The van der Waals surface area contributed by atoms with Gasteiger partial charge in [0.1, 0.15) is 11.8 Å². The molecule has 1 N–H and O–H groups in total. The molecule has 1 amide bonds. The molecule has 0 radical (unpaired) electrons. The first-order valence-corrected chi connectivity index (χ1v) is 9.36. The van der Waals surface area contributed by atoms with Gasteiger partial charge in [0.25, 0.3) is 5.91 Å². The predicted octanol–water partition coefficient (Wildman–Crippen LogP) is 2.37. The van der Waals surface area contributed by atoms with E-state index >= 15 is 0 Å².